The van der Waals surface area contributed by atoms with Crippen LogP contribution < -0.4 is 5.32 Å². The lowest BCUT2D eigenvalue weighted by Crippen LogP contribution is -2.26. The summed E-state index contributed by atoms with van der Waals surface area (Å²) in [4.78, 5) is 17.3. The van der Waals surface area contributed by atoms with Gasteiger partial charge < -0.3 is 10.1 Å². The maximum absolute atomic E-state index is 12.2. The summed E-state index contributed by atoms with van der Waals surface area (Å²) in [5, 5.41) is 11.3. The van der Waals surface area contributed by atoms with E-state index >= 15 is 0 Å². The third kappa shape index (κ3) is 4.15. The molecular weight excluding hydrogens is 348 g/mol. The number of nitrogens with one attached hydrogen (secondary N) is 2. The number of hydrogen-bond donors (Lipinski definition) is 2. The highest BCUT2D eigenvalue weighted by atomic mass is 32.1. The van der Waals surface area contributed by atoms with Crippen molar-refractivity contribution >= 4 is 23.1 Å². The molecule has 140 valence electrons. The zero-order valence-electron chi connectivity index (χ0n) is 15.2. The molecule has 1 saturated carbocycles. The zero-order chi connectivity index (χ0) is 17.9. The molecule has 0 radical (unpaired) electrons. The number of thiazole rings is 1. The van der Waals surface area contributed by atoms with Gasteiger partial charge in [0.15, 0.2) is 5.82 Å². The van der Waals surface area contributed by atoms with Crippen molar-refractivity contribution in [2.24, 2.45) is 5.92 Å². The molecule has 1 saturated heterocycles. The monoisotopic (exact) mass is 374 g/mol. The van der Waals surface area contributed by atoms with E-state index in [4.69, 9.17) is 4.74 Å². The quantitative estimate of drug-likeness (QED) is 0.834. The van der Waals surface area contributed by atoms with Gasteiger partial charge >= 0.3 is 0 Å². The van der Waals surface area contributed by atoms with Crippen LogP contribution in [0.3, 0.4) is 0 Å². The third-order valence-corrected chi connectivity index (χ3v) is 6.44. The average molecular weight is 375 g/mol. The Labute approximate surface area is 157 Å². The van der Waals surface area contributed by atoms with Crippen molar-refractivity contribution in [2.75, 3.05) is 11.9 Å². The van der Waals surface area contributed by atoms with E-state index in [1.165, 1.54) is 32.1 Å². The normalized spacial score (nSPS) is 26.1. The smallest absolute Gasteiger partial charge is 0.230 e. The molecule has 2 fully saturated rings. The minimum absolute atomic E-state index is 0.0494. The molecule has 1 aliphatic heterocycles. The Morgan fingerprint density at radius 3 is 3.08 bits per heavy atom. The molecule has 0 bridgehead atoms. The summed E-state index contributed by atoms with van der Waals surface area (Å²) < 4.78 is 5.98. The molecule has 1 aliphatic carbocycles. The van der Waals surface area contributed by atoms with Gasteiger partial charge in [-0.1, -0.05) is 0 Å². The van der Waals surface area contributed by atoms with Gasteiger partial charge in [-0.3, -0.25) is 9.89 Å². The Morgan fingerprint density at radius 1 is 1.38 bits per heavy atom. The van der Waals surface area contributed by atoms with Crippen LogP contribution in [0, 0.1) is 12.8 Å². The summed E-state index contributed by atoms with van der Waals surface area (Å²) in [7, 11) is 0. The Bertz CT molecular complexity index is 750. The lowest BCUT2D eigenvalue weighted by Gasteiger charge is -2.27. The number of anilines is 1. The summed E-state index contributed by atoms with van der Waals surface area (Å²) in [6.45, 7) is 2.87. The molecule has 2 N–H and O–H groups in total. The second kappa shape index (κ2) is 7.88. The highest BCUT2D eigenvalue weighted by Crippen LogP contribution is 2.42. The summed E-state index contributed by atoms with van der Waals surface area (Å²) in [5.74, 6) is 1.72. The van der Waals surface area contributed by atoms with E-state index in [1.54, 1.807) is 17.5 Å². The van der Waals surface area contributed by atoms with Gasteiger partial charge in [0.05, 0.1) is 17.5 Å². The number of amides is 1. The van der Waals surface area contributed by atoms with E-state index in [9.17, 15) is 4.79 Å². The number of ether oxygens (including phenoxy) is 1. The van der Waals surface area contributed by atoms with Crippen molar-refractivity contribution in [2.45, 2.75) is 63.9 Å². The summed E-state index contributed by atoms with van der Waals surface area (Å²) >= 11 is 1.55. The van der Waals surface area contributed by atoms with Crippen LogP contribution in [-0.4, -0.2) is 33.8 Å². The number of carbonyl (C=O) groups excluding carboxylic acids is 1. The minimum Gasteiger partial charge on any atom is -0.378 e. The van der Waals surface area contributed by atoms with Gasteiger partial charge in [-0.25, -0.2) is 4.98 Å². The van der Waals surface area contributed by atoms with Crippen LogP contribution in [0.1, 0.15) is 60.0 Å². The van der Waals surface area contributed by atoms with Gasteiger partial charge in [-0.05, 0) is 51.4 Å². The molecule has 0 spiro atoms. The Hall–Kier alpha value is -1.73. The molecule has 1 amide bonds. The van der Waals surface area contributed by atoms with Crippen molar-refractivity contribution in [3.63, 3.8) is 0 Å². The van der Waals surface area contributed by atoms with Gasteiger partial charge in [0, 0.05) is 35.4 Å². The van der Waals surface area contributed by atoms with E-state index in [0.29, 0.717) is 30.2 Å². The number of nitrogens with zero attached hydrogens (tertiary/aromatic N) is 2. The third-order valence-electron chi connectivity index (χ3n) is 5.52. The van der Waals surface area contributed by atoms with E-state index in [1.807, 2.05) is 13.0 Å². The predicted molar refractivity (Wildman–Crippen MR) is 101 cm³/mol. The highest BCUT2D eigenvalue weighted by molar-refractivity contribution is 7.11. The van der Waals surface area contributed by atoms with E-state index < -0.39 is 0 Å². The van der Waals surface area contributed by atoms with Gasteiger partial charge in [0.2, 0.25) is 5.91 Å². The second-order valence-corrected chi connectivity index (χ2v) is 8.77. The highest BCUT2D eigenvalue weighted by Gasteiger charge is 2.33. The number of rotatable bonds is 5. The van der Waals surface area contributed by atoms with Crippen LogP contribution in [0.4, 0.5) is 5.82 Å². The van der Waals surface area contributed by atoms with Gasteiger partial charge in [0.1, 0.15) is 0 Å². The SMILES string of the molecule is Cc1ncc(CC(=O)Nc2cc(C3CCC(C4CCCCO4)C3)[nH]n2)s1. The summed E-state index contributed by atoms with van der Waals surface area (Å²) in [5.41, 5.74) is 1.13. The number of hydrogen-bond acceptors (Lipinski definition) is 5. The molecule has 3 unspecified atom stereocenters. The second-order valence-electron chi connectivity index (χ2n) is 7.45. The molecule has 3 atom stereocenters. The average Bonchev–Trinajstić information content (AvgIpc) is 3.37. The topological polar surface area (TPSA) is 79.9 Å². The number of aryl methyl sites for hydroxylation is 1. The summed E-state index contributed by atoms with van der Waals surface area (Å²) in [6, 6.07) is 1.99. The zero-order valence-corrected chi connectivity index (χ0v) is 16.0. The fraction of sp³-hybridized carbons (Fsp3) is 0.632. The summed E-state index contributed by atoms with van der Waals surface area (Å²) in [6.07, 6.45) is 9.81. The van der Waals surface area contributed by atoms with E-state index in [0.717, 1.165) is 28.6 Å². The molecule has 2 aromatic heterocycles. The number of aromatic amines is 1. The van der Waals surface area contributed by atoms with Gasteiger partial charge in [-0.15, -0.1) is 11.3 Å². The predicted octanol–water partition coefficient (Wildman–Crippen LogP) is 3.81. The fourth-order valence-electron chi connectivity index (χ4n) is 4.22. The van der Waals surface area contributed by atoms with Crippen LogP contribution in [0.25, 0.3) is 0 Å². The lowest BCUT2D eigenvalue weighted by atomic mass is 9.93. The maximum Gasteiger partial charge on any atom is 0.230 e. The first kappa shape index (κ1) is 17.7. The molecule has 7 heteroatoms. The molecule has 0 aromatic carbocycles. The minimum atomic E-state index is -0.0494. The van der Waals surface area contributed by atoms with Crippen LogP contribution in [0.2, 0.25) is 0 Å². The number of H-pyrrole nitrogens is 1. The van der Waals surface area contributed by atoms with Crippen molar-refractivity contribution in [1.29, 1.82) is 0 Å². The van der Waals surface area contributed by atoms with Gasteiger partial charge in [-0.2, -0.15) is 5.10 Å². The molecule has 2 aromatic rings. The van der Waals surface area contributed by atoms with Crippen molar-refractivity contribution in [3.05, 3.63) is 27.8 Å². The molecule has 2 aliphatic rings. The molecule has 3 heterocycles. The first-order chi connectivity index (χ1) is 12.7. The van der Waals surface area contributed by atoms with Crippen LogP contribution >= 0.6 is 11.3 Å². The van der Waals surface area contributed by atoms with E-state index in [2.05, 4.69) is 20.5 Å². The maximum atomic E-state index is 12.2. The Morgan fingerprint density at radius 2 is 2.31 bits per heavy atom. The van der Waals surface area contributed by atoms with Crippen LogP contribution in [0.5, 0.6) is 0 Å². The number of aromatic nitrogens is 3. The first-order valence-corrected chi connectivity index (χ1v) is 10.4. The largest absolute Gasteiger partial charge is 0.378 e. The molecular formula is C19H26N4O2S. The lowest BCUT2D eigenvalue weighted by molar-refractivity contribution is -0.115. The molecule has 6 nitrogen and oxygen atoms in total. The molecule has 26 heavy (non-hydrogen) atoms. The number of carbonyl (C=O) groups is 1. The van der Waals surface area contributed by atoms with Crippen molar-refractivity contribution in [3.8, 4) is 0 Å². The Kier molecular flexibility index (Phi) is 5.36. The standard InChI is InChI=1S/C19H26N4O2S/c1-12-20-11-15(26-12)9-19(24)21-18-10-16(22-23-18)13-5-6-14(8-13)17-4-2-3-7-25-17/h10-11,13-14,17H,2-9H2,1H3,(H2,21,22,23,24). The molecule has 4 rings (SSSR count). The fourth-order valence-corrected chi connectivity index (χ4v) is 5.01. The van der Waals surface area contributed by atoms with Crippen LogP contribution in [-0.2, 0) is 16.0 Å². The van der Waals surface area contributed by atoms with Crippen molar-refractivity contribution in [1.82, 2.24) is 15.2 Å². The van der Waals surface area contributed by atoms with Crippen molar-refractivity contribution < 1.29 is 9.53 Å². The van der Waals surface area contributed by atoms with Crippen LogP contribution in [0.15, 0.2) is 12.3 Å². The van der Waals surface area contributed by atoms with E-state index in [-0.39, 0.29) is 5.91 Å². The Balaban J connectivity index is 1.31. The first-order valence-electron chi connectivity index (χ1n) is 9.55. The van der Waals surface area contributed by atoms with Gasteiger partial charge in [0.25, 0.3) is 0 Å².